The lowest BCUT2D eigenvalue weighted by atomic mass is 10.1. The maximum Gasteiger partial charge on any atom is 0.251 e. The number of carbonyl (C=O) groups is 3. The normalized spacial score (nSPS) is 14.7. The average molecular weight is 431 g/mol. The van der Waals surface area contributed by atoms with E-state index in [9.17, 15) is 14.4 Å². The molecule has 170 valence electrons. The Labute approximate surface area is 183 Å². The highest BCUT2D eigenvalue weighted by Crippen LogP contribution is 2.11. The molecule has 9 heteroatoms. The molecule has 1 saturated heterocycles. The number of nitrogens with one attached hydrogen (secondary N) is 3. The molecule has 31 heavy (non-hydrogen) atoms. The lowest BCUT2D eigenvalue weighted by molar-refractivity contribution is -0.130. The van der Waals surface area contributed by atoms with Crippen LogP contribution in [-0.2, 0) is 16.1 Å². The minimum absolute atomic E-state index is 0.186. The van der Waals surface area contributed by atoms with Gasteiger partial charge in [0.1, 0.15) is 0 Å². The molecule has 1 aromatic rings. The summed E-state index contributed by atoms with van der Waals surface area (Å²) >= 11 is 0. The minimum Gasteiger partial charge on any atom is -0.368 e. The fourth-order valence-corrected chi connectivity index (χ4v) is 3.29. The lowest BCUT2D eigenvalue weighted by Gasteiger charge is -2.20. The second-order valence-electron chi connectivity index (χ2n) is 7.51. The average Bonchev–Trinajstić information content (AvgIpc) is 2.97. The van der Waals surface area contributed by atoms with Gasteiger partial charge in [-0.15, -0.1) is 0 Å². The number of nitrogens with zero attached hydrogens (tertiary/aromatic N) is 2. The van der Waals surface area contributed by atoms with Gasteiger partial charge in [-0.05, 0) is 43.9 Å². The first-order valence-corrected chi connectivity index (χ1v) is 10.9. The largest absolute Gasteiger partial charge is 0.368 e. The topological polar surface area (TPSA) is 129 Å². The van der Waals surface area contributed by atoms with E-state index in [4.69, 9.17) is 5.73 Å². The third-order valence-corrected chi connectivity index (χ3v) is 4.97. The molecule has 0 radical (unpaired) electrons. The van der Waals surface area contributed by atoms with E-state index < -0.39 is 5.91 Å². The number of hydrogen-bond donors (Lipinski definition) is 4. The Morgan fingerprint density at radius 2 is 1.87 bits per heavy atom. The molecule has 0 spiro atoms. The van der Waals surface area contributed by atoms with Crippen molar-refractivity contribution in [2.75, 3.05) is 32.7 Å². The Kier molecular flexibility index (Phi) is 10.3. The van der Waals surface area contributed by atoms with Crippen LogP contribution in [0.3, 0.4) is 0 Å². The number of likely N-dealkylation sites (tertiary alicyclic amines) is 1. The highest BCUT2D eigenvalue weighted by molar-refractivity contribution is 5.96. The Morgan fingerprint density at radius 3 is 2.58 bits per heavy atom. The standard InChI is InChI=1S/C22H34N6O3/c1-2-24-22(25-12-6-14-28-13-5-3-4-7-20(28)30)27-15-17-8-10-18(11-9-17)21(31)26-16-19(23)29/h8-11H,2-7,12-16H2,1H3,(H2,23,29)(H,26,31)(H2,24,25,27). The molecule has 2 rings (SSSR count). The Morgan fingerprint density at radius 1 is 1.10 bits per heavy atom. The van der Waals surface area contributed by atoms with E-state index in [1.165, 1.54) is 0 Å². The van der Waals surface area contributed by atoms with Gasteiger partial charge in [-0.3, -0.25) is 14.4 Å². The van der Waals surface area contributed by atoms with Crippen molar-refractivity contribution in [2.24, 2.45) is 10.7 Å². The summed E-state index contributed by atoms with van der Waals surface area (Å²) in [6.07, 6.45) is 4.77. The zero-order chi connectivity index (χ0) is 22.5. The molecule has 9 nitrogen and oxygen atoms in total. The summed E-state index contributed by atoms with van der Waals surface area (Å²) in [6, 6.07) is 7.05. The zero-order valence-electron chi connectivity index (χ0n) is 18.3. The number of carbonyl (C=O) groups excluding carboxylic acids is 3. The van der Waals surface area contributed by atoms with E-state index in [2.05, 4.69) is 20.9 Å². The first kappa shape index (κ1) is 24.2. The highest BCUT2D eigenvalue weighted by Gasteiger charge is 2.15. The van der Waals surface area contributed by atoms with Gasteiger partial charge in [0, 0.05) is 38.2 Å². The monoisotopic (exact) mass is 430 g/mol. The van der Waals surface area contributed by atoms with Crippen molar-refractivity contribution in [1.29, 1.82) is 0 Å². The molecule has 5 N–H and O–H groups in total. The SMILES string of the molecule is CCNC(=NCc1ccc(C(=O)NCC(N)=O)cc1)NCCCN1CCCCCC1=O. The molecule has 0 atom stereocenters. The van der Waals surface area contributed by atoms with Gasteiger partial charge < -0.3 is 26.6 Å². The number of amides is 3. The molecule has 1 aliphatic heterocycles. The van der Waals surface area contributed by atoms with Gasteiger partial charge >= 0.3 is 0 Å². The van der Waals surface area contributed by atoms with Gasteiger partial charge in [0.05, 0.1) is 13.1 Å². The lowest BCUT2D eigenvalue weighted by Crippen LogP contribution is -2.39. The smallest absolute Gasteiger partial charge is 0.251 e. The Bertz CT molecular complexity index is 763. The summed E-state index contributed by atoms with van der Waals surface area (Å²) in [6.45, 7) is 5.39. The second kappa shape index (κ2) is 13.3. The van der Waals surface area contributed by atoms with Crippen LogP contribution in [0.25, 0.3) is 0 Å². The van der Waals surface area contributed by atoms with Crippen LogP contribution >= 0.6 is 0 Å². The molecule has 1 aromatic carbocycles. The summed E-state index contributed by atoms with van der Waals surface area (Å²) in [5.74, 6) is 0.0605. The molecular weight excluding hydrogens is 396 g/mol. The minimum atomic E-state index is -0.583. The van der Waals surface area contributed by atoms with Gasteiger partial charge in [0.2, 0.25) is 11.8 Å². The van der Waals surface area contributed by atoms with E-state index in [0.717, 1.165) is 57.4 Å². The highest BCUT2D eigenvalue weighted by atomic mass is 16.2. The summed E-state index contributed by atoms with van der Waals surface area (Å²) in [5, 5.41) is 8.99. The van der Waals surface area contributed by atoms with E-state index in [1.54, 1.807) is 12.1 Å². The quantitative estimate of drug-likeness (QED) is 0.247. The van der Waals surface area contributed by atoms with Gasteiger partial charge in [0.15, 0.2) is 5.96 Å². The van der Waals surface area contributed by atoms with Crippen LogP contribution in [0.1, 0.15) is 54.9 Å². The molecule has 0 bridgehead atoms. The maximum absolute atomic E-state index is 12.1. The third-order valence-electron chi connectivity index (χ3n) is 4.97. The third kappa shape index (κ3) is 9.06. The number of rotatable bonds is 10. The molecule has 0 unspecified atom stereocenters. The number of guanidine groups is 1. The second-order valence-corrected chi connectivity index (χ2v) is 7.51. The Balaban J connectivity index is 1.80. The molecular formula is C22H34N6O3. The molecule has 0 saturated carbocycles. The summed E-state index contributed by atoms with van der Waals surface area (Å²) in [7, 11) is 0. The molecule has 3 amide bonds. The molecule has 1 fully saturated rings. The van der Waals surface area contributed by atoms with Crippen LogP contribution in [-0.4, -0.2) is 61.3 Å². The summed E-state index contributed by atoms with van der Waals surface area (Å²) in [5.41, 5.74) is 6.45. The Hall–Kier alpha value is -3.10. The van der Waals surface area contributed by atoms with Gasteiger partial charge in [0.25, 0.3) is 5.91 Å². The number of benzene rings is 1. The van der Waals surface area contributed by atoms with Crippen molar-refractivity contribution in [1.82, 2.24) is 20.9 Å². The van der Waals surface area contributed by atoms with E-state index in [-0.39, 0.29) is 18.4 Å². The number of aliphatic imine (C=N–C) groups is 1. The van der Waals surface area contributed by atoms with Crippen LogP contribution in [0, 0.1) is 0 Å². The first-order chi connectivity index (χ1) is 15.0. The predicted molar refractivity (Wildman–Crippen MR) is 120 cm³/mol. The number of hydrogen-bond acceptors (Lipinski definition) is 4. The number of primary amides is 1. The maximum atomic E-state index is 12.1. The zero-order valence-corrected chi connectivity index (χ0v) is 18.3. The fraction of sp³-hybridized carbons (Fsp3) is 0.545. The predicted octanol–water partition coefficient (Wildman–Crippen LogP) is 0.750. The van der Waals surface area contributed by atoms with Crippen LogP contribution in [0.5, 0.6) is 0 Å². The van der Waals surface area contributed by atoms with E-state index in [0.29, 0.717) is 24.5 Å². The molecule has 1 heterocycles. The fourth-order valence-electron chi connectivity index (χ4n) is 3.29. The van der Waals surface area contributed by atoms with Gasteiger partial charge in [-0.2, -0.15) is 0 Å². The van der Waals surface area contributed by atoms with Crippen molar-refractivity contribution in [3.05, 3.63) is 35.4 Å². The van der Waals surface area contributed by atoms with Crippen molar-refractivity contribution < 1.29 is 14.4 Å². The number of nitrogens with two attached hydrogens (primary N) is 1. The van der Waals surface area contributed by atoms with Crippen LogP contribution in [0.4, 0.5) is 0 Å². The van der Waals surface area contributed by atoms with Crippen molar-refractivity contribution in [3.63, 3.8) is 0 Å². The van der Waals surface area contributed by atoms with Crippen molar-refractivity contribution in [3.8, 4) is 0 Å². The summed E-state index contributed by atoms with van der Waals surface area (Å²) < 4.78 is 0. The molecule has 1 aliphatic rings. The van der Waals surface area contributed by atoms with Gasteiger partial charge in [-0.25, -0.2) is 4.99 Å². The van der Waals surface area contributed by atoms with Crippen molar-refractivity contribution in [2.45, 2.75) is 45.6 Å². The van der Waals surface area contributed by atoms with Crippen molar-refractivity contribution >= 4 is 23.7 Å². The summed E-state index contributed by atoms with van der Waals surface area (Å²) in [4.78, 5) is 41.3. The van der Waals surface area contributed by atoms with Gasteiger partial charge in [-0.1, -0.05) is 18.6 Å². The van der Waals surface area contributed by atoms with E-state index >= 15 is 0 Å². The van der Waals surface area contributed by atoms with E-state index in [1.807, 2.05) is 24.0 Å². The molecule has 0 aliphatic carbocycles. The first-order valence-electron chi connectivity index (χ1n) is 10.9. The van der Waals surface area contributed by atoms with Crippen LogP contribution < -0.4 is 21.7 Å². The molecule has 0 aromatic heterocycles. The van der Waals surface area contributed by atoms with Crippen LogP contribution in [0.15, 0.2) is 29.3 Å². The van der Waals surface area contributed by atoms with Crippen LogP contribution in [0.2, 0.25) is 0 Å².